The molecule has 23 heavy (non-hydrogen) atoms. The van der Waals surface area contributed by atoms with Gasteiger partial charge in [-0.25, -0.2) is 0 Å². The number of hydrogen-bond donors (Lipinski definition) is 2. The maximum absolute atomic E-state index is 5.30. The third-order valence-electron chi connectivity index (χ3n) is 4.04. The SMILES string of the molecule is CCOCCCNC(=S)N/N=C1/CCCC[C@@H]1c1ccccc1. The zero-order valence-electron chi connectivity index (χ0n) is 13.9. The number of rotatable bonds is 7. The highest BCUT2D eigenvalue weighted by molar-refractivity contribution is 7.80. The molecule has 4 nitrogen and oxygen atoms in total. The smallest absolute Gasteiger partial charge is 0.186 e. The van der Waals surface area contributed by atoms with Gasteiger partial charge in [0.05, 0.1) is 0 Å². The van der Waals surface area contributed by atoms with Crippen LogP contribution in [0.15, 0.2) is 35.4 Å². The summed E-state index contributed by atoms with van der Waals surface area (Å²) in [5, 5.41) is 8.35. The molecule has 1 aliphatic carbocycles. The lowest BCUT2D eigenvalue weighted by atomic mass is 9.82. The molecule has 0 heterocycles. The molecule has 1 atom stereocenters. The quantitative estimate of drug-likeness (QED) is 0.455. The van der Waals surface area contributed by atoms with Crippen molar-refractivity contribution in [3.63, 3.8) is 0 Å². The average Bonchev–Trinajstić information content (AvgIpc) is 2.61. The lowest BCUT2D eigenvalue weighted by Gasteiger charge is -2.24. The fourth-order valence-corrected chi connectivity index (χ4v) is 3.00. The molecule has 5 heteroatoms. The van der Waals surface area contributed by atoms with Crippen LogP contribution in [0.3, 0.4) is 0 Å². The zero-order chi connectivity index (χ0) is 16.3. The Kier molecular flexibility index (Phi) is 8.04. The molecule has 0 saturated heterocycles. The Morgan fingerprint density at radius 2 is 2.13 bits per heavy atom. The molecule has 1 aromatic rings. The molecule has 0 bridgehead atoms. The van der Waals surface area contributed by atoms with Crippen LogP contribution in [-0.4, -0.2) is 30.6 Å². The van der Waals surface area contributed by atoms with Gasteiger partial charge in [0.1, 0.15) is 0 Å². The van der Waals surface area contributed by atoms with Crippen molar-refractivity contribution in [1.82, 2.24) is 10.7 Å². The Hall–Kier alpha value is -1.46. The van der Waals surface area contributed by atoms with Crippen LogP contribution in [0.25, 0.3) is 0 Å². The van der Waals surface area contributed by atoms with E-state index in [1.54, 1.807) is 0 Å². The summed E-state index contributed by atoms with van der Waals surface area (Å²) in [7, 11) is 0. The highest BCUT2D eigenvalue weighted by atomic mass is 32.1. The molecule has 1 aliphatic rings. The lowest BCUT2D eigenvalue weighted by molar-refractivity contribution is 0.145. The third kappa shape index (κ3) is 6.28. The minimum absolute atomic E-state index is 0.415. The monoisotopic (exact) mass is 333 g/mol. The van der Waals surface area contributed by atoms with Crippen LogP contribution in [0, 0.1) is 0 Å². The van der Waals surface area contributed by atoms with Crippen molar-refractivity contribution in [2.45, 2.75) is 44.9 Å². The summed E-state index contributed by atoms with van der Waals surface area (Å²) in [6.45, 7) is 4.33. The summed E-state index contributed by atoms with van der Waals surface area (Å²) >= 11 is 5.29. The first-order valence-corrected chi connectivity index (χ1v) is 8.95. The van der Waals surface area contributed by atoms with E-state index in [9.17, 15) is 0 Å². The van der Waals surface area contributed by atoms with Gasteiger partial charge in [-0.2, -0.15) is 5.10 Å². The van der Waals surface area contributed by atoms with E-state index in [0.717, 1.165) is 32.6 Å². The van der Waals surface area contributed by atoms with Crippen molar-refractivity contribution < 1.29 is 4.74 Å². The second-order valence-electron chi connectivity index (χ2n) is 5.73. The van der Waals surface area contributed by atoms with Crippen molar-refractivity contribution in [3.05, 3.63) is 35.9 Å². The van der Waals surface area contributed by atoms with Crippen molar-refractivity contribution in [2.75, 3.05) is 19.8 Å². The Bertz CT molecular complexity index is 504. The van der Waals surface area contributed by atoms with Crippen LogP contribution >= 0.6 is 12.2 Å². The zero-order valence-corrected chi connectivity index (χ0v) is 14.7. The summed E-state index contributed by atoms with van der Waals surface area (Å²) in [4.78, 5) is 0. The van der Waals surface area contributed by atoms with E-state index in [-0.39, 0.29) is 0 Å². The number of hydrogen-bond acceptors (Lipinski definition) is 3. The van der Waals surface area contributed by atoms with Crippen molar-refractivity contribution >= 4 is 23.0 Å². The van der Waals surface area contributed by atoms with Gasteiger partial charge in [0, 0.05) is 31.4 Å². The standard InChI is InChI=1S/C18H27N3OS/c1-2-22-14-8-13-19-18(23)21-20-17-12-7-6-11-16(17)15-9-4-3-5-10-15/h3-5,9-10,16H,2,6-8,11-14H2,1H3,(H2,19,21,23)/b20-17-/t16-/m1/s1. The first-order chi connectivity index (χ1) is 11.3. The first kappa shape index (κ1) is 17.9. The summed E-state index contributed by atoms with van der Waals surface area (Å²) in [5.41, 5.74) is 5.57. The molecule has 2 N–H and O–H groups in total. The van der Waals surface area contributed by atoms with Crippen LogP contribution in [-0.2, 0) is 4.74 Å². The predicted molar refractivity (Wildman–Crippen MR) is 99.9 cm³/mol. The van der Waals surface area contributed by atoms with Gasteiger partial charge < -0.3 is 10.1 Å². The topological polar surface area (TPSA) is 45.6 Å². The second kappa shape index (κ2) is 10.3. The molecule has 2 rings (SSSR count). The minimum atomic E-state index is 0.415. The Morgan fingerprint density at radius 1 is 1.30 bits per heavy atom. The minimum Gasteiger partial charge on any atom is -0.382 e. The number of benzene rings is 1. The van der Waals surface area contributed by atoms with E-state index in [1.807, 2.05) is 6.92 Å². The molecule has 0 amide bonds. The largest absolute Gasteiger partial charge is 0.382 e. The summed E-state index contributed by atoms with van der Waals surface area (Å²) in [5.74, 6) is 0.415. The molecule has 1 fully saturated rings. The molecular formula is C18H27N3OS. The van der Waals surface area contributed by atoms with Crippen LogP contribution in [0.2, 0.25) is 0 Å². The summed E-state index contributed by atoms with van der Waals surface area (Å²) < 4.78 is 5.30. The van der Waals surface area contributed by atoms with Gasteiger partial charge in [0.2, 0.25) is 0 Å². The van der Waals surface area contributed by atoms with E-state index < -0.39 is 0 Å². The number of hydrazone groups is 1. The Balaban J connectivity index is 1.83. The second-order valence-corrected chi connectivity index (χ2v) is 6.14. The van der Waals surface area contributed by atoms with E-state index in [0.29, 0.717) is 11.0 Å². The van der Waals surface area contributed by atoms with Crippen LogP contribution in [0.4, 0.5) is 0 Å². The van der Waals surface area contributed by atoms with E-state index in [4.69, 9.17) is 17.0 Å². The number of ether oxygens (including phenoxy) is 1. The van der Waals surface area contributed by atoms with Crippen LogP contribution < -0.4 is 10.7 Å². The molecule has 0 aliphatic heterocycles. The fourth-order valence-electron chi connectivity index (χ4n) is 2.86. The van der Waals surface area contributed by atoms with Crippen LogP contribution in [0.5, 0.6) is 0 Å². The van der Waals surface area contributed by atoms with Gasteiger partial charge in [-0.15, -0.1) is 0 Å². The van der Waals surface area contributed by atoms with E-state index in [2.05, 4.69) is 46.2 Å². The van der Waals surface area contributed by atoms with Gasteiger partial charge in [0.15, 0.2) is 5.11 Å². The third-order valence-corrected chi connectivity index (χ3v) is 4.27. The molecule has 0 spiro atoms. The maximum atomic E-state index is 5.30. The maximum Gasteiger partial charge on any atom is 0.186 e. The number of nitrogens with zero attached hydrogens (tertiary/aromatic N) is 1. The Labute approximate surface area is 144 Å². The van der Waals surface area contributed by atoms with Gasteiger partial charge >= 0.3 is 0 Å². The molecule has 0 unspecified atom stereocenters. The average molecular weight is 334 g/mol. The normalized spacial score (nSPS) is 19.5. The highest BCUT2D eigenvalue weighted by Gasteiger charge is 2.22. The van der Waals surface area contributed by atoms with Gasteiger partial charge in [-0.3, -0.25) is 5.43 Å². The lowest BCUT2D eigenvalue weighted by Crippen LogP contribution is -2.34. The first-order valence-electron chi connectivity index (χ1n) is 8.54. The fraction of sp³-hybridized carbons (Fsp3) is 0.556. The summed E-state index contributed by atoms with van der Waals surface area (Å²) in [6, 6.07) is 10.6. The van der Waals surface area contributed by atoms with Crippen molar-refractivity contribution in [1.29, 1.82) is 0 Å². The number of thiocarbonyl (C=S) groups is 1. The van der Waals surface area contributed by atoms with Gasteiger partial charge in [-0.1, -0.05) is 36.8 Å². The molecular weight excluding hydrogens is 306 g/mol. The molecule has 1 saturated carbocycles. The molecule has 0 aromatic heterocycles. The Morgan fingerprint density at radius 3 is 2.91 bits per heavy atom. The predicted octanol–water partition coefficient (Wildman–Crippen LogP) is 3.59. The van der Waals surface area contributed by atoms with Crippen molar-refractivity contribution in [2.24, 2.45) is 5.10 Å². The number of nitrogens with one attached hydrogen (secondary N) is 2. The van der Waals surface area contributed by atoms with Crippen molar-refractivity contribution in [3.8, 4) is 0 Å². The highest BCUT2D eigenvalue weighted by Crippen LogP contribution is 2.30. The molecule has 1 aromatic carbocycles. The molecule has 126 valence electrons. The molecule has 0 radical (unpaired) electrons. The summed E-state index contributed by atoms with van der Waals surface area (Å²) in [6.07, 6.45) is 5.62. The van der Waals surface area contributed by atoms with E-state index in [1.165, 1.54) is 30.5 Å². The van der Waals surface area contributed by atoms with Gasteiger partial charge in [-0.05, 0) is 50.4 Å². The van der Waals surface area contributed by atoms with Crippen LogP contribution in [0.1, 0.15) is 50.5 Å². The van der Waals surface area contributed by atoms with Gasteiger partial charge in [0.25, 0.3) is 0 Å². The van der Waals surface area contributed by atoms with E-state index >= 15 is 0 Å².